The first kappa shape index (κ1) is 29.7. The highest BCUT2D eigenvalue weighted by Crippen LogP contribution is 2.39. The third-order valence-electron chi connectivity index (χ3n) is 7.73. The summed E-state index contributed by atoms with van der Waals surface area (Å²) in [6.45, 7) is 3.13. The van der Waals surface area contributed by atoms with Gasteiger partial charge in [0.1, 0.15) is 29.8 Å². The molecule has 0 saturated heterocycles. The molecule has 1 aliphatic heterocycles. The van der Waals surface area contributed by atoms with Gasteiger partial charge in [0.15, 0.2) is 0 Å². The van der Waals surface area contributed by atoms with Crippen molar-refractivity contribution in [1.82, 2.24) is 10.3 Å². The van der Waals surface area contributed by atoms with Crippen LogP contribution in [0.3, 0.4) is 0 Å². The molecule has 0 fully saturated rings. The monoisotopic (exact) mass is 576 g/mol. The highest BCUT2D eigenvalue weighted by atomic mass is 16.5. The van der Waals surface area contributed by atoms with Gasteiger partial charge >= 0.3 is 0 Å². The van der Waals surface area contributed by atoms with Crippen LogP contribution in [0.15, 0.2) is 66.7 Å². The number of hydrogen-bond acceptors (Lipinski definition) is 9. The van der Waals surface area contributed by atoms with Crippen LogP contribution in [-0.2, 0) is 19.6 Å². The lowest BCUT2D eigenvalue weighted by Gasteiger charge is -2.36. The summed E-state index contributed by atoms with van der Waals surface area (Å²) in [6.07, 6.45) is -0.162. The van der Waals surface area contributed by atoms with E-state index in [-0.39, 0.29) is 18.8 Å². The van der Waals surface area contributed by atoms with Gasteiger partial charge in [-0.1, -0.05) is 54.6 Å². The van der Waals surface area contributed by atoms with Crippen molar-refractivity contribution in [2.24, 2.45) is 0 Å². The number of aliphatic hydroxyl groups is 1. The minimum Gasteiger partial charge on any atom is -0.489 e. The predicted octanol–water partition coefficient (Wildman–Crippen LogP) is 4.56. The van der Waals surface area contributed by atoms with E-state index < -0.39 is 6.10 Å². The Morgan fingerprint density at radius 3 is 2.63 bits per heavy atom. The average molecular weight is 577 g/mol. The zero-order valence-electron chi connectivity index (χ0n) is 24.6. The molecule has 43 heavy (non-hydrogen) atoms. The molecule has 0 amide bonds. The molecule has 1 unspecified atom stereocenters. The van der Waals surface area contributed by atoms with E-state index in [4.69, 9.17) is 19.7 Å². The van der Waals surface area contributed by atoms with Crippen molar-refractivity contribution in [1.29, 1.82) is 10.5 Å². The number of methoxy groups -OCH3 is 1. The predicted molar refractivity (Wildman–Crippen MR) is 167 cm³/mol. The van der Waals surface area contributed by atoms with Crippen LogP contribution >= 0.6 is 0 Å². The maximum Gasteiger partial charge on any atom is 0.233 e. The van der Waals surface area contributed by atoms with E-state index in [1.807, 2.05) is 60.5 Å². The SMILES string of the molecule is CNCCN(CC(O)CC#N)c1nc(OC)c(C#N)c2c1CCN(c1cc(OCc3ccccc3)cc3ccccc13)C2. The van der Waals surface area contributed by atoms with Crippen molar-refractivity contribution < 1.29 is 14.6 Å². The number of fused-ring (bicyclic) bond motifs is 2. The van der Waals surface area contributed by atoms with E-state index in [1.54, 1.807) is 0 Å². The maximum absolute atomic E-state index is 10.5. The minimum absolute atomic E-state index is 0.0230. The van der Waals surface area contributed by atoms with E-state index in [9.17, 15) is 10.4 Å². The first-order chi connectivity index (χ1) is 21.1. The highest BCUT2D eigenvalue weighted by Gasteiger charge is 2.30. The Morgan fingerprint density at radius 1 is 1.09 bits per heavy atom. The Bertz CT molecular complexity index is 1650. The minimum atomic E-state index is -0.828. The largest absolute Gasteiger partial charge is 0.489 e. The van der Waals surface area contributed by atoms with Crippen molar-refractivity contribution in [3.8, 4) is 23.8 Å². The van der Waals surface area contributed by atoms with Crippen molar-refractivity contribution in [2.45, 2.75) is 32.1 Å². The van der Waals surface area contributed by atoms with Gasteiger partial charge in [-0.2, -0.15) is 15.5 Å². The molecule has 1 aromatic heterocycles. The number of likely N-dealkylation sites (N-methyl/N-ethyl adjacent to an activating group) is 1. The Morgan fingerprint density at radius 2 is 1.88 bits per heavy atom. The van der Waals surface area contributed by atoms with Crippen LogP contribution < -0.4 is 24.6 Å². The van der Waals surface area contributed by atoms with Crippen LogP contribution in [-0.4, -0.2) is 56.5 Å². The number of aromatic nitrogens is 1. The number of anilines is 2. The zero-order valence-corrected chi connectivity index (χ0v) is 24.6. The quantitative estimate of drug-likeness (QED) is 0.250. The number of ether oxygens (including phenoxy) is 2. The smallest absolute Gasteiger partial charge is 0.233 e. The molecular weight excluding hydrogens is 540 g/mol. The summed E-state index contributed by atoms with van der Waals surface area (Å²) in [7, 11) is 3.38. The number of nitrogens with one attached hydrogen (secondary N) is 1. The van der Waals surface area contributed by atoms with Gasteiger partial charge < -0.3 is 29.7 Å². The van der Waals surface area contributed by atoms with Gasteiger partial charge in [0.2, 0.25) is 5.88 Å². The molecule has 4 aromatic rings. The molecule has 2 heterocycles. The molecule has 0 saturated carbocycles. The molecule has 2 N–H and O–H groups in total. The van der Waals surface area contributed by atoms with Gasteiger partial charge in [0, 0.05) is 61.0 Å². The molecule has 1 atom stereocenters. The number of nitriles is 2. The molecule has 5 rings (SSSR count). The Labute approximate surface area is 252 Å². The zero-order chi connectivity index (χ0) is 30.2. The summed E-state index contributed by atoms with van der Waals surface area (Å²) in [5, 5.41) is 35.2. The van der Waals surface area contributed by atoms with E-state index in [2.05, 4.69) is 40.6 Å². The Kier molecular flexibility index (Phi) is 9.58. The van der Waals surface area contributed by atoms with Crippen LogP contribution in [0.2, 0.25) is 0 Å². The fourth-order valence-corrected chi connectivity index (χ4v) is 5.62. The lowest BCUT2D eigenvalue weighted by molar-refractivity contribution is 0.184. The van der Waals surface area contributed by atoms with Crippen molar-refractivity contribution in [3.63, 3.8) is 0 Å². The van der Waals surface area contributed by atoms with Gasteiger partial charge in [-0.05, 0) is 30.5 Å². The number of nitrogens with zero attached hydrogens (tertiary/aromatic N) is 5. The molecule has 0 radical (unpaired) electrons. The first-order valence-electron chi connectivity index (χ1n) is 14.4. The van der Waals surface area contributed by atoms with Gasteiger partial charge in [-0.3, -0.25) is 0 Å². The first-order valence-corrected chi connectivity index (χ1v) is 14.4. The van der Waals surface area contributed by atoms with Crippen LogP contribution in [0.1, 0.15) is 28.7 Å². The summed E-state index contributed by atoms with van der Waals surface area (Å²) in [5.74, 6) is 1.72. The van der Waals surface area contributed by atoms with E-state index >= 15 is 0 Å². The van der Waals surface area contributed by atoms with Crippen LogP contribution in [0.4, 0.5) is 11.5 Å². The average Bonchev–Trinajstić information content (AvgIpc) is 3.04. The second-order valence-electron chi connectivity index (χ2n) is 10.6. The Balaban J connectivity index is 1.54. The van der Waals surface area contributed by atoms with E-state index in [0.717, 1.165) is 38.9 Å². The van der Waals surface area contributed by atoms with Crippen molar-refractivity contribution in [3.05, 3.63) is 89.0 Å². The molecular formula is C34H36N6O3. The Hall–Kier alpha value is -4.83. The van der Waals surface area contributed by atoms with Crippen LogP contribution in [0, 0.1) is 22.7 Å². The second-order valence-corrected chi connectivity index (χ2v) is 10.6. The molecule has 9 nitrogen and oxygen atoms in total. The number of benzene rings is 3. The third-order valence-corrected chi connectivity index (χ3v) is 7.73. The highest BCUT2D eigenvalue weighted by molar-refractivity contribution is 5.96. The second kappa shape index (κ2) is 13.9. The van der Waals surface area contributed by atoms with E-state index in [0.29, 0.717) is 50.6 Å². The van der Waals surface area contributed by atoms with Crippen LogP contribution in [0.25, 0.3) is 10.8 Å². The molecule has 0 bridgehead atoms. The molecule has 220 valence electrons. The summed E-state index contributed by atoms with van der Waals surface area (Å²) in [5.41, 5.74) is 4.37. The third kappa shape index (κ3) is 6.65. The molecule has 0 spiro atoms. The van der Waals surface area contributed by atoms with Gasteiger partial charge in [-0.25, -0.2) is 0 Å². The normalized spacial score (nSPS) is 13.1. The van der Waals surface area contributed by atoms with Gasteiger partial charge in [0.05, 0.1) is 25.7 Å². The summed E-state index contributed by atoms with van der Waals surface area (Å²) in [6, 6.07) is 26.9. The number of hydrogen-bond donors (Lipinski definition) is 2. The summed E-state index contributed by atoms with van der Waals surface area (Å²) in [4.78, 5) is 9.05. The maximum atomic E-state index is 10.5. The lowest BCUT2D eigenvalue weighted by Crippen LogP contribution is -2.40. The fraction of sp³-hybridized carbons (Fsp3) is 0.324. The van der Waals surface area contributed by atoms with Crippen molar-refractivity contribution in [2.75, 3.05) is 50.1 Å². The van der Waals surface area contributed by atoms with Gasteiger partial charge in [-0.15, -0.1) is 0 Å². The standard InChI is InChI=1S/C34H36N6O3/c1-37-15-17-40(21-26(41)12-14-35)33-29-13-16-39(22-31(29)30(20-36)34(38-33)42-2)32-19-27(18-25-10-6-7-11-28(25)32)43-23-24-8-4-3-5-9-24/h3-11,18-19,26,37,41H,12-13,15-17,21-23H2,1-2H3. The van der Waals surface area contributed by atoms with E-state index in [1.165, 1.54) is 7.11 Å². The number of aliphatic hydroxyl groups excluding tert-OH is 1. The summed E-state index contributed by atoms with van der Waals surface area (Å²) >= 11 is 0. The molecule has 0 aliphatic carbocycles. The van der Waals surface area contributed by atoms with Gasteiger partial charge in [0.25, 0.3) is 0 Å². The van der Waals surface area contributed by atoms with Crippen LogP contribution in [0.5, 0.6) is 11.6 Å². The molecule has 9 heteroatoms. The lowest BCUT2D eigenvalue weighted by atomic mass is 9.94. The van der Waals surface area contributed by atoms with Crippen molar-refractivity contribution >= 4 is 22.3 Å². The fourth-order valence-electron chi connectivity index (χ4n) is 5.62. The molecule has 1 aliphatic rings. The summed E-state index contributed by atoms with van der Waals surface area (Å²) < 4.78 is 11.9. The topological polar surface area (TPSA) is 118 Å². The number of rotatable bonds is 12. The molecule has 3 aromatic carbocycles. The number of pyridine rings is 1.